The molecule has 0 aromatic heterocycles. The third-order valence-electron chi connectivity index (χ3n) is 4.13. The predicted molar refractivity (Wildman–Crippen MR) is 88.2 cm³/mol. The summed E-state index contributed by atoms with van der Waals surface area (Å²) in [7, 11) is 0. The van der Waals surface area contributed by atoms with E-state index < -0.39 is 29.5 Å². The van der Waals surface area contributed by atoms with Gasteiger partial charge in [0.05, 0.1) is 12.1 Å². The summed E-state index contributed by atoms with van der Waals surface area (Å²) < 4.78 is 13.0. The van der Waals surface area contributed by atoms with Gasteiger partial charge in [-0.3, -0.25) is 9.59 Å². The van der Waals surface area contributed by atoms with Gasteiger partial charge in [-0.15, -0.1) is 6.58 Å². The highest BCUT2D eigenvalue weighted by Crippen LogP contribution is 2.42. The second kappa shape index (κ2) is 6.02. The van der Waals surface area contributed by atoms with Gasteiger partial charge in [-0.1, -0.05) is 24.3 Å². The van der Waals surface area contributed by atoms with Crippen molar-refractivity contribution in [3.63, 3.8) is 0 Å². The summed E-state index contributed by atoms with van der Waals surface area (Å²) >= 11 is 0. The number of amides is 1. The molecule has 0 unspecified atom stereocenters. The van der Waals surface area contributed by atoms with Gasteiger partial charge in [-0.2, -0.15) is 0 Å². The molecule has 1 amide bonds. The first-order valence-corrected chi connectivity index (χ1v) is 7.51. The summed E-state index contributed by atoms with van der Waals surface area (Å²) in [6.45, 7) is 3.86. The minimum absolute atomic E-state index is 0.239. The molecule has 1 heterocycles. The van der Waals surface area contributed by atoms with Crippen LogP contribution in [0.3, 0.4) is 0 Å². The Kier molecular flexibility index (Phi) is 4.03. The number of para-hydroxylation sites is 1. The first-order chi connectivity index (χ1) is 11.5. The van der Waals surface area contributed by atoms with Gasteiger partial charge in [0.2, 0.25) is 0 Å². The van der Waals surface area contributed by atoms with E-state index in [0.717, 1.165) is 0 Å². The number of ketones is 1. The summed E-state index contributed by atoms with van der Waals surface area (Å²) in [5.74, 6) is -1.44. The molecule has 122 valence electrons. The molecular weight excluding hydrogens is 309 g/mol. The Hall–Kier alpha value is -2.79. The van der Waals surface area contributed by atoms with Crippen LogP contribution < -0.4 is 4.90 Å². The average Bonchev–Trinajstić information content (AvgIpc) is 2.78. The van der Waals surface area contributed by atoms with Crippen molar-refractivity contribution in [2.75, 3.05) is 11.4 Å². The number of nitrogens with zero attached hydrogens (tertiary/aromatic N) is 1. The van der Waals surface area contributed by atoms with Gasteiger partial charge in [0.25, 0.3) is 5.91 Å². The number of hydrogen-bond acceptors (Lipinski definition) is 3. The summed E-state index contributed by atoms with van der Waals surface area (Å²) in [5, 5.41) is 11.0. The predicted octanol–water partition coefficient (Wildman–Crippen LogP) is 2.82. The first-order valence-electron chi connectivity index (χ1n) is 7.51. The van der Waals surface area contributed by atoms with Crippen molar-refractivity contribution in [2.45, 2.75) is 12.0 Å². The number of halogens is 1. The maximum atomic E-state index is 13.0. The van der Waals surface area contributed by atoms with E-state index in [2.05, 4.69) is 6.58 Å². The third-order valence-corrected chi connectivity index (χ3v) is 4.13. The third kappa shape index (κ3) is 2.53. The lowest BCUT2D eigenvalue weighted by atomic mass is 9.88. The number of carbonyl (C=O) groups excluding carboxylic acids is 2. The molecule has 2 aromatic carbocycles. The second-order valence-corrected chi connectivity index (χ2v) is 5.69. The Labute approximate surface area is 138 Å². The zero-order valence-electron chi connectivity index (χ0n) is 12.9. The van der Waals surface area contributed by atoms with Gasteiger partial charge in [0, 0.05) is 17.7 Å². The van der Waals surface area contributed by atoms with E-state index in [1.165, 1.54) is 29.2 Å². The van der Waals surface area contributed by atoms with Gasteiger partial charge < -0.3 is 10.0 Å². The van der Waals surface area contributed by atoms with E-state index in [1.807, 2.05) is 0 Å². The highest BCUT2D eigenvalue weighted by molar-refractivity contribution is 6.10. The molecule has 3 rings (SSSR count). The number of rotatable bonds is 5. The van der Waals surface area contributed by atoms with Crippen LogP contribution in [0.1, 0.15) is 22.3 Å². The van der Waals surface area contributed by atoms with E-state index in [-0.39, 0.29) is 12.1 Å². The number of hydrogen-bond donors (Lipinski definition) is 1. The quantitative estimate of drug-likeness (QED) is 0.679. The van der Waals surface area contributed by atoms with Gasteiger partial charge >= 0.3 is 0 Å². The lowest BCUT2D eigenvalue weighted by molar-refractivity contribution is -0.135. The molecule has 0 fully saturated rings. The summed E-state index contributed by atoms with van der Waals surface area (Å²) in [6.07, 6.45) is 1.16. The lowest BCUT2D eigenvalue weighted by Gasteiger charge is -2.22. The van der Waals surface area contributed by atoms with Crippen molar-refractivity contribution in [3.05, 3.63) is 78.1 Å². The maximum Gasteiger partial charge on any atom is 0.264 e. The molecule has 1 atom stereocenters. The molecule has 0 radical (unpaired) electrons. The van der Waals surface area contributed by atoms with Gasteiger partial charge in [0.1, 0.15) is 5.82 Å². The van der Waals surface area contributed by atoms with E-state index in [9.17, 15) is 19.1 Å². The van der Waals surface area contributed by atoms with Crippen LogP contribution in [-0.4, -0.2) is 23.3 Å². The fourth-order valence-corrected chi connectivity index (χ4v) is 2.96. The van der Waals surface area contributed by atoms with Crippen LogP contribution in [0.5, 0.6) is 0 Å². The molecule has 0 saturated heterocycles. The Morgan fingerprint density at radius 1 is 1.21 bits per heavy atom. The normalized spacial score (nSPS) is 19.2. The topological polar surface area (TPSA) is 57.6 Å². The molecule has 1 aliphatic heterocycles. The zero-order chi connectivity index (χ0) is 17.3. The molecule has 0 aliphatic carbocycles. The Morgan fingerprint density at radius 3 is 2.54 bits per heavy atom. The minimum Gasteiger partial charge on any atom is -0.375 e. The van der Waals surface area contributed by atoms with Crippen LogP contribution in [0.4, 0.5) is 10.1 Å². The molecule has 4 nitrogen and oxygen atoms in total. The highest BCUT2D eigenvalue weighted by atomic mass is 19.1. The Bertz CT molecular complexity index is 816. The zero-order valence-corrected chi connectivity index (χ0v) is 12.9. The number of Topliss-reactive ketones (excluding diaryl/α,β-unsaturated/α-hetero) is 1. The number of fused-ring (bicyclic) bond motifs is 1. The molecule has 0 spiro atoms. The van der Waals surface area contributed by atoms with E-state index in [1.54, 1.807) is 30.3 Å². The van der Waals surface area contributed by atoms with Crippen molar-refractivity contribution >= 4 is 17.4 Å². The SMILES string of the molecule is C=CCN1C(=O)[C@@](O)(CC(=O)c2ccc(F)cc2)c2ccccc21. The average molecular weight is 325 g/mol. The van der Waals surface area contributed by atoms with Crippen LogP contribution in [0.25, 0.3) is 0 Å². The van der Waals surface area contributed by atoms with Crippen molar-refractivity contribution in [1.82, 2.24) is 0 Å². The number of benzene rings is 2. The lowest BCUT2D eigenvalue weighted by Crippen LogP contribution is -2.41. The first kappa shape index (κ1) is 16.1. The maximum absolute atomic E-state index is 13.0. The second-order valence-electron chi connectivity index (χ2n) is 5.69. The molecule has 24 heavy (non-hydrogen) atoms. The van der Waals surface area contributed by atoms with Crippen LogP contribution in [-0.2, 0) is 10.4 Å². The standard InChI is InChI=1S/C19H16FNO3/c1-2-11-21-16-6-4-3-5-15(16)19(24,18(21)23)12-17(22)13-7-9-14(20)10-8-13/h2-10,24H,1,11-12H2/t19-/m1/s1. The number of carbonyl (C=O) groups is 2. The van der Waals surface area contributed by atoms with Gasteiger partial charge in [0.15, 0.2) is 11.4 Å². The van der Waals surface area contributed by atoms with Crippen LogP contribution >= 0.6 is 0 Å². The molecule has 0 saturated carbocycles. The summed E-state index contributed by atoms with van der Waals surface area (Å²) in [5.41, 5.74) is -0.716. The van der Waals surface area contributed by atoms with E-state index in [0.29, 0.717) is 11.3 Å². The molecule has 2 aromatic rings. The monoisotopic (exact) mass is 325 g/mol. The fraction of sp³-hybridized carbons (Fsp3) is 0.158. The Morgan fingerprint density at radius 2 is 1.88 bits per heavy atom. The fourth-order valence-electron chi connectivity index (χ4n) is 2.96. The van der Waals surface area contributed by atoms with Gasteiger partial charge in [-0.25, -0.2) is 4.39 Å². The van der Waals surface area contributed by atoms with Crippen LogP contribution in [0.15, 0.2) is 61.2 Å². The molecule has 0 bridgehead atoms. The summed E-state index contributed by atoms with van der Waals surface area (Å²) in [4.78, 5) is 26.6. The molecule has 5 heteroatoms. The molecular formula is C19H16FNO3. The van der Waals surface area contributed by atoms with Crippen molar-refractivity contribution < 1.29 is 19.1 Å². The summed E-state index contributed by atoms with van der Waals surface area (Å²) in [6, 6.07) is 11.8. The van der Waals surface area contributed by atoms with Crippen molar-refractivity contribution in [3.8, 4) is 0 Å². The van der Waals surface area contributed by atoms with Crippen molar-refractivity contribution in [1.29, 1.82) is 0 Å². The van der Waals surface area contributed by atoms with Crippen LogP contribution in [0.2, 0.25) is 0 Å². The van der Waals surface area contributed by atoms with Gasteiger partial charge in [-0.05, 0) is 30.3 Å². The highest BCUT2D eigenvalue weighted by Gasteiger charge is 2.50. The Balaban J connectivity index is 1.97. The molecule has 1 N–H and O–H groups in total. The number of aliphatic hydroxyl groups is 1. The van der Waals surface area contributed by atoms with Crippen LogP contribution in [0, 0.1) is 5.82 Å². The smallest absolute Gasteiger partial charge is 0.264 e. The molecule has 1 aliphatic rings. The van der Waals surface area contributed by atoms with Crippen molar-refractivity contribution in [2.24, 2.45) is 0 Å². The largest absolute Gasteiger partial charge is 0.375 e. The van der Waals surface area contributed by atoms with E-state index in [4.69, 9.17) is 0 Å². The number of anilines is 1. The van der Waals surface area contributed by atoms with E-state index >= 15 is 0 Å². The minimum atomic E-state index is -1.93.